The molecule has 3 rings (SSSR count). The Morgan fingerprint density at radius 3 is 2.74 bits per heavy atom. The van der Waals surface area contributed by atoms with Gasteiger partial charge in [0.1, 0.15) is 5.78 Å². The smallest absolute Gasteiger partial charge is 0.133 e. The number of halogens is 1. The van der Waals surface area contributed by atoms with E-state index in [1.165, 1.54) is 33.1 Å². The first-order valence-corrected chi connectivity index (χ1v) is 8.78. The zero-order valence-corrected chi connectivity index (χ0v) is 14.0. The Balaban J connectivity index is 2.02. The van der Waals surface area contributed by atoms with Crippen LogP contribution in [-0.2, 0) is 4.79 Å². The monoisotopic (exact) mass is 384 g/mol. The van der Waals surface area contributed by atoms with Crippen molar-refractivity contribution in [3.63, 3.8) is 0 Å². The number of carbonyl (C=O) groups excluding carboxylic acids is 1. The van der Waals surface area contributed by atoms with E-state index in [1.54, 1.807) is 6.92 Å². The molecule has 0 amide bonds. The standard InChI is InChI=1S/C16H17IOS/c1-10(18)8-15-14(9-13-6-7-16(15)19-13)11-2-4-12(17)5-3-11/h2-5,13,16H,6-9H2,1H3. The Hall–Kier alpha value is -0.290. The van der Waals surface area contributed by atoms with E-state index in [2.05, 4.69) is 58.6 Å². The van der Waals surface area contributed by atoms with Gasteiger partial charge in [-0.2, -0.15) is 11.8 Å². The molecule has 0 spiro atoms. The predicted octanol–water partition coefficient (Wildman–Crippen LogP) is 4.69. The molecule has 1 fully saturated rings. The second kappa shape index (κ2) is 5.60. The van der Waals surface area contributed by atoms with Crippen molar-refractivity contribution in [1.82, 2.24) is 0 Å². The molecule has 1 aromatic rings. The molecular weight excluding hydrogens is 367 g/mol. The van der Waals surface area contributed by atoms with Gasteiger partial charge in [-0.1, -0.05) is 12.1 Å². The second-order valence-electron chi connectivity index (χ2n) is 5.42. The zero-order chi connectivity index (χ0) is 13.4. The maximum atomic E-state index is 11.6. The van der Waals surface area contributed by atoms with Crippen molar-refractivity contribution in [3.05, 3.63) is 39.0 Å². The van der Waals surface area contributed by atoms with E-state index in [9.17, 15) is 4.79 Å². The Morgan fingerprint density at radius 1 is 1.32 bits per heavy atom. The van der Waals surface area contributed by atoms with Crippen LogP contribution in [0.4, 0.5) is 0 Å². The van der Waals surface area contributed by atoms with Crippen molar-refractivity contribution in [2.24, 2.45) is 0 Å². The average Bonchev–Trinajstić information content (AvgIpc) is 2.77. The van der Waals surface area contributed by atoms with Crippen LogP contribution in [0.25, 0.3) is 5.57 Å². The van der Waals surface area contributed by atoms with Crippen LogP contribution in [0.2, 0.25) is 0 Å². The molecule has 2 unspecified atom stereocenters. The topological polar surface area (TPSA) is 17.1 Å². The summed E-state index contributed by atoms with van der Waals surface area (Å²) in [7, 11) is 0. The molecular formula is C16H17IOS. The lowest BCUT2D eigenvalue weighted by atomic mass is 9.92. The summed E-state index contributed by atoms with van der Waals surface area (Å²) in [5, 5.41) is 1.37. The maximum absolute atomic E-state index is 11.6. The number of thioether (sulfide) groups is 1. The molecule has 1 aromatic carbocycles. The SMILES string of the molecule is CC(=O)CC1=C(c2ccc(I)cc2)CC2CCC1S2. The highest BCUT2D eigenvalue weighted by atomic mass is 127. The van der Waals surface area contributed by atoms with Crippen LogP contribution in [-0.4, -0.2) is 16.3 Å². The molecule has 19 heavy (non-hydrogen) atoms. The number of ketones is 1. The second-order valence-corrected chi connectivity index (χ2v) is 8.17. The number of hydrogen-bond donors (Lipinski definition) is 0. The Kier molecular flexibility index (Phi) is 4.03. The van der Waals surface area contributed by atoms with Crippen molar-refractivity contribution in [2.45, 2.75) is 43.1 Å². The van der Waals surface area contributed by atoms with Gasteiger partial charge in [-0.3, -0.25) is 4.79 Å². The number of Topliss-reactive ketones (excluding diaryl/α,β-unsaturated/α-hetero) is 1. The van der Waals surface area contributed by atoms with Crippen molar-refractivity contribution < 1.29 is 4.79 Å². The van der Waals surface area contributed by atoms with Crippen molar-refractivity contribution in [1.29, 1.82) is 0 Å². The van der Waals surface area contributed by atoms with Gasteiger partial charge in [0.05, 0.1) is 0 Å². The predicted molar refractivity (Wildman–Crippen MR) is 90.4 cm³/mol. The molecule has 2 aliphatic heterocycles. The minimum absolute atomic E-state index is 0.295. The molecule has 0 radical (unpaired) electrons. The largest absolute Gasteiger partial charge is 0.300 e. The molecule has 1 saturated heterocycles. The first kappa shape index (κ1) is 13.7. The molecule has 3 heteroatoms. The summed E-state index contributed by atoms with van der Waals surface area (Å²) in [6, 6.07) is 8.76. The lowest BCUT2D eigenvalue weighted by Crippen LogP contribution is -2.14. The first-order chi connectivity index (χ1) is 9.13. The van der Waals surface area contributed by atoms with Gasteiger partial charge in [0, 0.05) is 20.5 Å². The highest BCUT2D eigenvalue weighted by Gasteiger charge is 2.35. The van der Waals surface area contributed by atoms with Gasteiger partial charge in [-0.25, -0.2) is 0 Å². The summed E-state index contributed by atoms with van der Waals surface area (Å²) in [6.45, 7) is 1.71. The van der Waals surface area contributed by atoms with Gasteiger partial charge in [-0.15, -0.1) is 0 Å². The normalized spacial score (nSPS) is 25.8. The minimum atomic E-state index is 0.295. The van der Waals surface area contributed by atoms with Crippen molar-refractivity contribution >= 4 is 45.7 Å². The van der Waals surface area contributed by atoms with E-state index in [-0.39, 0.29) is 0 Å². The van der Waals surface area contributed by atoms with E-state index in [4.69, 9.17) is 0 Å². The van der Waals surface area contributed by atoms with Gasteiger partial charge in [0.15, 0.2) is 0 Å². The van der Waals surface area contributed by atoms with Crippen molar-refractivity contribution in [2.75, 3.05) is 0 Å². The molecule has 0 N–H and O–H groups in total. The molecule has 0 saturated carbocycles. The van der Waals surface area contributed by atoms with Gasteiger partial charge in [-0.05, 0) is 77.6 Å². The quantitative estimate of drug-likeness (QED) is 0.704. The summed E-state index contributed by atoms with van der Waals surface area (Å²) < 4.78 is 1.27. The third kappa shape index (κ3) is 2.92. The Morgan fingerprint density at radius 2 is 2.05 bits per heavy atom. The number of allylic oxidation sites excluding steroid dienone is 1. The highest BCUT2D eigenvalue weighted by Crippen LogP contribution is 2.50. The van der Waals surface area contributed by atoms with E-state index in [1.807, 2.05) is 0 Å². The number of hydrogen-bond acceptors (Lipinski definition) is 2. The van der Waals surface area contributed by atoms with Gasteiger partial charge in [0.2, 0.25) is 0 Å². The number of rotatable bonds is 3. The molecule has 2 bridgehead atoms. The molecule has 2 heterocycles. The van der Waals surface area contributed by atoms with Crippen LogP contribution < -0.4 is 0 Å². The zero-order valence-electron chi connectivity index (χ0n) is 11.0. The Bertz CT molecular complexity index is 532. The molecule has 1 nitrogen and oxygen atoms in total. The van der Waals surface area contributed by atoms with Crippen LogP contribution in [0.3, 0.4) is 0 Å². The summed E-state index contributed by atoms with van der Waals surface area (Å²) >= 11 is 4.43. The van der Waals surface area contributed by atoms with E-state index < -0.39 is 0 Å². The summed E-state index contributed by atoms with van der Waals surface area (Å²) in [6.07, 6.45) is 4.35. The van der Waals surface area contributed by atoms with Crippen LogP contribution in [0.5, 0.6) is 0 Å². The third-order valence-corrected chi connectivity index (χ3v) is 6.30. The molecule has 0 aliphatic carbocycles. The summed E-state index contributed by atoms with van der Waals surface area (Å²) in [4.78, 5) is 11.6. The fraction of sp³-hybridized carbons (Fsp3) is 0.438. The number of carbonyl (C=O) groups is 1. The lowest BCUT2D eigenvalue weighted by molar-refractivity contribution is -0.116. The number of fused-ring (bicyclic) bond motifs is 2. The molecule has 100 valence electrons. The van der Waals surface area contributed by atoms with Gasteiger partial charge in [0.25, 0.3) is 0 Å². The van der Waals surface area contributed by atoms with E-state index in [0.29, 0.717) is 17.5 Å². The van der Waals surface area contributed by atoms with E-state index >= 15 is 0 Å². The van der Waals surface area contributed by atoms with Crippen LogP contribution >= 0.6 is 34.4 Å². The highest BCUT2D eigenvalue weighted by molar-refractivity contribution is 14.1. The van der Waals surface area contributed by atoms with E-state index in [0.717, 1.165) is 11.7 Å². The fourth-order valence-electron chi connectivity index (χ4n) is 3.11. The summed E-state index contributed by atoms with van der Waals surface area (Å²) in [5.74, 6) is 0.295. The third-order valence-electron chi connectivity index (χ3n) is 3.95. The lowest BCUT2D eigenvalue weighted by Gasteiger charge is -2.26. The molecule has 0 aromatic heterocycles. The molecule has 2 atom stereocenters. The van der Waals surface area contributed by atoms with Crippen molar-refractivity contribution in [3.8, 4) is 0 Å². The Labute approximate surface area is 132 Å². The molecule has 2 aliphatic rings. The summed E-state index contributed by atoms with van der Waals surface area (Å²) in [5.41, 5.74) is 4.19. The average molecular weight is 384 g/mol. The van der Waals surface area contributed by atoms with Gasteiger partial charge >= 0.3 is 0 Å². The maximum Gasteiger partial charge on any atom is 0.133 e. The fourth-order valence-corrected chi connectivity index (χ4v) is 5.13. The first-order valence-electron chi connectivity index (χ1n) is 6.76. The number of benzene rings is 1. The van der Waals surface area contributed by atoms with Crippen LogP contribution in [0.15, 0.2) is 29.8 Å². The minimum Gasteiger partial charge on any atom is -0.300 e. The van der Waals surface area contributed by atoms with Crippen LogP contribution in [0.1, 0.15) is 38.2 Å². The van der Waals surface area contributed by atoms with Crippen LogP contribution in [0, 0.1) is 3.57 Å². The van der Waals surface area contributed by atoms with Gasteiger partial charge < -0.3 is 0 Å².